The molecule has 1 amide bonds. The molecule has 1 heterocycles. The minimum atomic E-state index is -0.131. The standard InChI is InChI=1S/C8H12N2O2S/c1-9-7-5-4-6(13-7)8(11)10(2)12-3/h4-5,9H,1-3H3. The summed E-state index contributed by atoms with van der Waals surface area (Å²) in [5, 5.41) is 5.13. The van der Waals surface area contributed by atoms with E-state index in [1.807, 2.05) is 13.1 Å². The second-order valence-electron chi connectivity index (χ2n) is 2.40. The van der Waals surface area contributed by atoms with E-state index in [2.05, 4.69) is 5.32 Å². The topological polar surface area (TPSA) is 41.6 Å². The molecule has 0 unspecified atom stereocenters. The zero-order valence-electron chi connectivity index (χ0n) is 7.83. The molecule has 0 radical (unpaired) electrons. The molecular weight excluding hydrogens is 188 g/mol. The second kappa shape index (κ2) is 4.25. The summed E-state index contributed by atoms with van der Waals surface area (Å²) in [6.07, 6.45) is 0. The smallest absolute Gasteiger partial charge is 0.287 e. The van der Waals surface area contributed by atoms with Crippen LogP contribution < -0.4 is 5.32 Å². The molecule has 0 aliphatic rings. The lowest BCUT2D eigenvalue weighted by Crippen LogP contribution is -2.24. The van der Waals surface area contributed by atoms with Gasteiger partial charge in [-0.25, -0.2) is 5.06 Å². The minimum absolute atomic E-state index is 0.131. The molecule has 0 aliphatic carbocycles. The van der Waals surface area contributed by atoms with Crippen LogP contribution in [0.15, 0.2) is 12.1 Å². The fourth-order valence-corrected chi connectivity index (χ4v) is 1.65. The van der Waals surface area contributed by atoms with Gasteiger partial charge >= 0.3 is 0 Å². The monoisotopic (exact) mass is 200 g/mol. The van der Waals surface area contributed by atoms with Crippen LogP contribution in [0.1, 0.15) is 9.67 Å². The quantitative estimate of drug-likeness (QED) is 0.750. The van der Waals surface area contributed by atoms with Crippen molar-refractivity contribution in [2.45, 2.75) is 0 Å². The maximum Gasteiger partial charge on any atom is 0.287 e. The lowest BCUT2D eigenvalue weighted by atomic mass is 10.4. The van der Waals surface area contributed by atoms with Crippen LogP contribution in [0.4, 0.5) is 5.00 Å². The second-order valence-corrected chi connectivity index (χ2v) is 3.48. The number of amides is 1. The number of hydrogen-bond donors (Lipinski definition) is 1. The largest absolute Gasteiger partial charge is 0.380 e. The Morgan fingerprint density at radius 1 is 1.62 bits per heavy atom. The molecule has 1 rings (SSSR count). The molecule has 0 atom stereocenters. The van der Waals surface area contributed by atoms with Gasteiger partial charge in [0.1, 0.15) is 0 Å². The summed E-state index contributed by atoms with van der Waals surface area (Å²) in [5.41, 5.74) is 0. The van der Waals surface area contributed by atoms with E-state index in [9.17, 15) is 4.79 Å². The fourth-order valence-electron chi connectivity index (χ4n) is 0.825. The Morgan fingerprint density at radius 2 is 2.31 bits per heavy atom. The Morgan fingerprint density at radius 3 is 2.77 bits per heavy atom. The highest BCUT2D eigenvalue weighted by atomic mass is 32.1. The van der Waals surface area contributed by atoms with E-state index in [1.54, 1.807) is 13.1 Å². The zero-order chi connectivity index (χ0) is 9.84. The number of hydrogen-bond acceptors (Lipinski definition) is 4. The van der Waals surface area contributed by atoms with Crippen molar-refractivity contribution in [2.24, 2.45) is 0 Å². The number of carbonyl (C=O) groups excluding carboxylic acids is 1. The Bertz CT molecular complexity index is 298. The highest BCUT2D eigenvalue weighted by molar-refractivity contribution is 7.17. The van der Waals surface area contributed by atoms with Crippen LogP contribution in [0.3, 0.4) is 0 Å². The van der Waals surface area contributed by atoms with E-state index in [1.165, 1.54) is 23.5 Å². The van der Waals surface area contributed by atoms with Crippen LogP contribution in [0.5, 0.6) is 0 Å². The molecular formula is C8H12N2O2S. The summed E-state index contributed by atoms with van der Waals surface area (Å²) in [4.78, 5) is 16.9. The number of anilines is 1. The van der Waals surface area contributed by atoms with Crippen molar-refractivity contribution in [2.75, 3.05) is 26.5 Å². The van der Waals surface area contributed by atoms with Crippen LogP contribution in [0.25, 0.3) is 0 Å². The van der Waals surface area contributed by atoms with Crippen molar-refractivity contribution in [3.05, 3.63) is 17.0 Å². The predicted octanol–water partition coefficient (Wildman–Crippen LogP) is 1.42. The first kappa shape index (κ1) is 10.0. The first-order chi connectivity index (χ1) is 6.19. The third-order valence-electron chi connectivity index (χ3n) is 1.62. The van der Waals surface area contributed by atoms with Crippen molar-refractivity contribution in [3.63, 3.8) is 0 Å². The zero-order valence-corrected chi connectivity index (χ0v) is 8.64. The molecule has 0 bridgehead atoms. The lowest BCUT2D eigenvalue weighted by molar-refractivity contribution is -0.0753. The minimum Gasteiger partial charge on any atom is -0.380 e. The SMILES string of the molecule is CNc1ccc(C(=O)N(C)OC)s1. The summed E-state index contributed by atoms with van der Waals surface area (Å²) in [7, 11) is 4.87. The van der Waals surface area contributed by atoms with E-state index < -0.39 is 0 Å². The first-order valence-corrected chi connectivity index (χ1v) is 4.60. The highest BCUT2D eigenvalue weighted by Crippen LogP contribution is 2.22. The van der Waals surface area contributed by atoms with Gasteiger partial charge in [0.15, 0.2) is 0 Å². The van der Waals surface area contributed by atoms with Crippen molar-refractivity contribution in [3.8, 4) is 0 Å². The maximum absolute atomic E-state index is 11.5. The Kier molecular flexibility index (Phi) is 3.27. The summed E-state index contributed by atoms with van der Waals surface area (Å²) in [6, 6.07) is 3.63. The number of carbonyl (C=O) groups is 1. The first-order valence-electron chi connectivity index (χ1n) is 3.78. The fraction of sp³-hybridized carbons (Fsp3) is 0.375. The van der Waals surface area contributed by atoms with Gasteiger partial charge in [-0.1, -0.05) is 0 Å². The summed E-state index contributed by atoms with van der Waals surface area (Å²) in [5.74, 6) is -0.131. The van der Waals surface area contributed by atoms with Crippen molar-refractivity contribution in [1.29, 1.82) is 0 Å². The number of nitrogens with one attached hydrogen (secondary N) is 1. The average Bonchev–Trinajstić information content (AvgIpc) is 2.63. The number of rotatable bonds is 3. The Hall–Kier alpha value is -1.07. The molecule has 13 heavy (non-hydrogen) atoms. The van der Waals surface area contributed by atoms with Crippen LogP contribution in [-0.4, -0.2) is 32.2 Å². The van der Waals surface area contributed by atoms with E-state index >= 15 is 0 Å². The van der Waals surface area contributed by atoms with Crippen LogP contribution in [0.2, 0.25) is 0 Å². The molecule has 0 spiro atoms. The molecule has 1 aromatic heterocycles. The van der Waals surface area contributed by atoms with Crippen LogP contribution >= 0.6 is 11.3 Å². The van der Waals surface area contributed by atoms with Crippen molar-refractivity contribution < 1.29 is 9.63 Å². The van der Waals surface area contributed by atoms with E-state index in [-0.39, 0.29) is 5.91 Å². The molecule has 0 saturated carbocycles. The number of nitrogens with zero attached hydrogens (tertiary/aromatic N) is 1. The van der Waals surface area contributed by atoms with Gasteiger partial charge in [0, 0.05) is 14.1 Å². The van der Waals surface area contributed by atoms with Gasteiger partial charge in [0.25, 0.3) is 5.91 Å². The molecule has 0 aromatic carbocycles. The van der Waals surface area contributed by atoms with Gasteiger partial charge < -0.3 is 5.32 Å². The molecule has 1 N–H and O–H groups in total. The molecule has 0 saturated heterocycles. The normalized spacial score (nSPS) is 9.77. The van der Waals surface area contributed by atoms with Crippen LogP contribution in [-0.2, 0) is 4.84 Å². The summed E-state index contributed by atoms with van der Waals surface area (Å²) in [6.45, 7) is 0. The number of hydroxylamine groups is 2. The van der Waals surface area contributed by atoms with E-state index in [0.717, 1.165) is 5.00 Å². The molecule has 5 heteroatoms. The van der Waals surface area contributed by atoms with Gasteiger partial charge in [-0.3, -0.25) is 9.63 Å². The van der Waals surface area contributed by atoms with E-state index in [0.29, 0.717) is 4.88 Å². The van der Waals surface area contributed by atoms with Crippen molar-refractivity contribution in [1.82, 2.24) is 5.06 Å². The Balaban J connectivity index is 2.77. The maximum atomic E-state index is 11.5. The molecule has 4 nitrogen and oxygen atoms in total. The summed E-state index contributed by atoms with van der Waals surface area (Å²) < 4.78 is 0. The molecule has 0 fully saturated rings. The molecule has 72 valence electrons. The van der Waals surface area contributed by atoms with Gasteiger partial charge in [0.2, 0.25) is 0 Å². The third kappa shape index (κ3) is 2.19. The predicted molar refractivity (Wildman–Crippen MR) is 53.0 cm³/mol. The molecule has 1 aromatic rings. The molecule has 0 aliphatic heterocycles. The van der Waals surface area contributed by atoms with Gasteiger partial charge in [0.05, 0.1) is 17.0 Å². The number of thiophene rings is 1. The van der Waals surface area contributed by atoms with E-state index in [4.69, 9.17) is 4.84 Å². The van der Waals surface area contributed by atoms with Gasteiger partial charge in [-0.15, -0.1) is 11.3 Å². The lowest BCUT2D eigenvalue weighted by Gasteiger charge is -2.11. The average molecular weight is 200 g/mol. The van der Waals surface area contributed by atoms with Crippen molar-refractivity contribution >= 4 is 22.2 Å². The Labute approximate surface area is 81.1 Å². The van der Waals surface area contributed by atoms with Crippen LogP contribution in [0, 0.1) is 0 Å². The summed E-state index contributed by atoms with van der Waals surface area (Å²) >= 11 is 1.40. The third-order valence-corrected chi connectivity index (χ3v) is 2.71. The van der Waals surface area contributed by atoms with Gasteiger partial charge in [-0.2, -0.15) is 0 Å². The highest BCUT2D eigenvalue weighted by Gasteiger charge is 2.13. The van der Waals surface area contributed by atoms with Gasteiger partial charge in [-0.05, 0) is 12.1 Å².